The van der Waals surface area contributed by atoms with Crippen molar-refractivity contribution >= 4 is 45.6 Å². The average molecular weight is 269 g/mol. The molecule has 0 bridgehead atoms. The molecule has 1 atom stereocenters. The van der Waals surface area contributed by atoms with E-state index in [9.17, 15) is 13.2 Å². The number of carbonyl (C=O) groups is 1. The Morgan fingerprint density at radius 3 is 2.29 bits per heavy atom. The Bertz CT molecular complexity index is 458. The number of ether oxygens (including phenoxy) is 1. The molecule has 0 saturated carbocycles. The summed E-state index contributed by atoms with van der Waals surface area (Å²) in [6.07, 6.45) is 0. The Labute approximate surface area is 121 Å². The molecule has 1 aromatic rings. The molecule has 0 saturated heterocycles. The molecule has 6 nitrogen and oxygen atoms in total. The molecule has 0 aliphatic rings. The number of benzene rings is 1. The predicted octanol–water partition coefficient (Wildman–Crippen LogP) is -0.331. The van der Waals surface area contributed by atoms with Crippen molar-refractivity contribution in [2.24, 2.45) is 0 Å². The van der Waals surface area contributed by atoms with Crippen molar-refractivity contribution < 1.29 is 27.6 Å². The molecule has 0 aliphatic carbocycles. The zero-order valence-electron chi connectivity index (χ0n) is 9.11. The molecule has 1 radical (unpaired) electrons. The number of hydrogen-bond acceptors (Lipinski definition) is 5. The summed E-state index contributed by atoms with van der Waals surface area (Å²) in [5.41, 5.74) is -1.90. The maximum Gasteiger partial charge on any atom is 0.338 e. The number of aliphatic hydroxyl groups excluding tert-OH is 1. The van der Waals surface area contributed by atoms with Crippen molar-refractivity contribution in [1.29, 1.82) is 0 Å². The van der Waals surface area contributed by atoms with Gasteiger partial charge >= 0.3 is 5.97 Å². The van der Waals surface area contributed by atoms with E-state index in [1.165, 1.54) is 12.1 Å². The summed E-state index contributed by atoms with van der Waals surface area (Å²) in [6, 6.07) is 7.86. The molecule has 89 valence electrons. The van der Waals surface area contributed by atoms with Gasteiger partial charge in [-0.3, -0.25) is 4.55 Å². The molecule has 17 heavy (non-hydrogen) atoms. The number of aliphatic hydroxyl groups is 1. The number of esters is 1. The van der Waals surface area contributed by atoms with Crippen LogP contribution in [-0.4, -0.2) is 65.6 Å². The third kappa shape index (κ3) is 5.62. The van der Waals surface area contributed by atoms with E-state index in [-0.39, 0.29) is 35.1 Å². The molecule has 2 N–H and O–H groups in total. The van der Waals surface area contributed by atoms with Crippen molar-refractivity contribution in [2.45, 2.75) is 5.44 Å². The summed E-state index contributed by atoms with van der Waals surface area (Å²) in [5.74, 6) is -0.775. The Hall–Kier alpha value is -0.440. The molecule has 1 unspecified atom stereocenters. The first-order valence-corrected chi connectivity index (χ1v) is 5.78. The smallest absolute Gasteiger partial charge is 0.338 e. The van der Waals surface area contributed by atoms with Gasteiger partial charge in [-0.15, -0.1) is 0 Å². The quantitative estimate of drug-likeness (QED) is 0.441. The number of carbonyl (C=O) groups excluding carboxylic acids is 1. The van der Waals surface area contributed by atoms with Gasteiger partial charge in [-0.05, 0) is 12.1 Å². The molecule has 0 spiro atoms. The zero-order valence-corrected chi connectivity index (χ0v) is 11.9. The molecule has 0 heterocycles. The molecule has 0 aliphatic heterocycles. The second-order valence-electron chi connectivity index (χ2n) is 2.93. The minimum atomic E-state index is -4.60. The second kappa shape index (κ2) is 7.10. The van der Waals surface area contributed by atoms with Gasteiger partial charge in [0.1, 0.15) is 6.61 Å². The van der Waals surface area contributed by atoms with Crippen LogP contribution in [0.3, 0.4) is 0 Å². The van der Waals surface area contributed by atoms with Crippen LogP contribution in [0.1, 0.15) is 10.4 Å². The molecular weight excluding hydrogens is 259 g/mol. The number of hydrogen-bond donors (Lipinski definition) is 2. The van der Waals surface area contributed by atoms with E-state index >= 15 is 0 Å². The average Bonchev–Trinajstić information content (AvgIpc) is 2.25. The van der Waals surface area contributed by atoms with Crippen LogP contribution in [0.25, 0.3) is 0 Å². The van der Waals surface area contributed by atoms with Crippen LogP contribution in [0, 0.1) is 0 Å². The van der Waals surface area contributed by atoms with Crippen molar-refractivity contribution in [3.8, 4) is 0 Å². The third-order valence-corrected chi connectivity index (χ3v) is 2.53. The van der Waals surface area contributed by atoms with Crippen molar-refractivity contribution in [3.63, 3.8) is 0 Å². The Balaban J connectivity index is 0.00000256. The predicted molar refractivity (Wildman–Crippen MR) is 60.0 cm³/mol. The first-order chi connectivity index (χ1) is 7.41. The Morgan fingerprint density at radius 1 is 1.29 bits per heavy atom. The molecule has 1 rings (SSSR count). The van der Waals surface area contributed by atoms with Crippen molar-refractivity contribution in [3.05, 3.63) is 35.9 Å². The van der Waals surface area contributed by atoms with Crippen LogP contribution < -0.4 is 0 Å². The van der Waals surface area contributed by atoms with Gasteiger partial charge in [-0.1, -0.05) is 18.2 Å². The first-order valence-electron chi connectivity index (χ1n) is 4.28. The fourth-order valence-electron chi connectivity index (χ4n) is 0.891. The fraction of sp³-hybridized carbons (Fsp3) is 0.222. The van der Waals surface area contributed by atoms with Crippen LogP contribution in [0.15, 0.2) is 30.3 Å². The summed E-state index contributed by atoms with van der Waals surface area (Å²) in [5, 5.41) is 8.87. The van der Waals surface area contributed by atoms with Crippen LogP contribution in [0.5, 0.6) is 0 Å². The van der Waals surface area contributed by atoms with Crippen molar-refractivity contribution in [1.82, 2.24) is 0 Å². The van der Waals surface area contributed by atoms with E-state index < -0.39 is 28.1 Å². The van der Waals surface area contributed by atoms with E-state index in [1.54, 1.807) is 18.2 Å². The summed E-state index contributed by atoms with van der Waals surface area (Å²) in [4.78, 5) is 11.3. The maximum absolute atomic E-state index is 11.3. The van der Waals surface area contributed by atoms with Crippen LogP contribution in [0.2, 0.25) is 0 Å². The molecule has 8 heteroatoms. The Morgan fingerprint density at radius 2 is 1.82 bits per heavy atom. The van der Waals surface area contributed by atoms with Gasteiger partial charge in [-0.25, -0.2) is 4.79 Å². The van der Waals surface area contributed by atoms with Crippen LogP contribution >= 0.6 is 0 Å². The van der Waals surface area contributed by atoms with Crippen LogP contribution in [-0.2, 0) is 14.9 Å². The van der Waals surface area contributed by atoms with E-state index in [2.05, 4.69) is 4.74 Å². The largest absolute Gasteiger partial charge is 0.458 e. The molecule has 0 aromatic heterocycles. The monoisotopic (exact) mass is 269 g/mol. The standard InChI is InChI=1S/C9H10O6S.Na/c10-8(16(12,13)14)6-15-9(11)7-4-2-1-3-5-7;/h1-5,8,10H,6H2,(H,12,13,14);. The van der Waals surface area contributed by atoms with Gasteiger partial charge in [0, 0.05) is 29.6 Å². The van der Waals surface area contributed by atoms with Gasteiger partial charge < -0.3 is 9.84 Å². The summed E-state index contributed by atoms with van der Waals surface area (Å²) in [6.45, 7) is -0.813. The van der Waals surface area contributed by atoms with E-state index in [1.807, 2.05) is 0 Å². The van der Waals surface area contributed by atoms with E-state index in [0.29, 0.717) is 0 Å². The van der Waals surface area contributed by atoms with Gasteiger partial charge in [0.05, 0.1) is 5.56 Å². The second-order valence-corrected chi connectivity index (χ2v) is 4.51. The fourth-order valence-corrected chi connectivity index (χ4v) is 1.13. The summed E-state index contributed by atoms with van der Waals surface area (Å²) in [7, 11) is -4.60. The zero-order chi connectivity index (χ0) is 12.2. The van der Waals surface area contributed by atoms with E-state index in [4.69, 9.17) is 9.66 Å². The third-order valence-electron chi connectivity index (χ3n) is 1.71. The molecule has 1 aromatic carbocycles. The number of rotatable bonds is 4. The SMILES string of the molecule is O=C(OCC(O)S(=O)(=O)O)c1ccccc1.[Na]. The molecule has 0 amide bonds. The minimum absolute atomic E-state index is 0. The van der Waals surface area contributed by atoms with Crippen LogP contribution in [0.4, 0.5) is 0 Å². The summed E-state index contributed by atoms with van der Waals surface area (Å²) >= 11 is 0. The Kier molecular flexibility index (Phi) is 6.91. The van der Waals surface area contributed by atoms with Gasteiger partial charge in [-0.2, -0.15) is 8.42 Å². The van der Waals surface area contributed by atoms with Gasteiger partial charge in [0.2, 0.25) is 5.44 Å². The first kappa shape index (κ1) is 16.6. The maximum atomic E-state index is 11.3. The summed E-state index contributed by atoms with van der Waals surface area (Å²) < 4.78 is 33.7. The molecule has 0 fully saturated rings. The van der Waals surface area contributed by atoms with Crippen molar-refractivity contribution in [2.75, 3.05) is 6.61 Å². The minimum Gasteiger partial charge on any atom is -0.458 e. The van der Waals surface area contributed by atoms with Gasteiger partial charge in [0.15, 0.2) is 0 Å². The van der Waals surface area contributed by atoms with Gasteiger partial charge in [0.25, 0.3) is 10.1 Å². The molecular formula is C9H10NaO6S. The van der Waals surface area contributed by atoms with E-state index in [0.717, 1.165) is 0 Å². The topological polar surface area (TPSA) is 101 Å². The normalized spacial score (nSPS) is 12.4.